The number of aliphatic hydroxyl groups is 1. The van der Waals surface area contributed by atoms with Crippen molar-refractivity contribution in [3.63, 3.8) is 0 Å². The normalized spacial score (nSPS) is 24.9. The monoisotopic (exact) mass is 398 g/mol. The number of rotatable bonds is 4. The van der Waals surface area contributed by atoms with Crippen LogP contribution < -0.4 is 5.32 Å². The quantitative estimate of drug-likeness (QED) is 0.453. The fourth-order valence-electron chi connectivity index (χ4n) is 2.79. The van der Waals surface area contributed by atoms with Crippen molar-refractivity contribution in [2.75, 3.05) is 0 Å². The minimum Gasteiger partial charge on any atom is -0.456 e. The van der Waals surface area contributed by atoms with Gasteiger partial charge in [0.25, 0.3) is 5.69 Å². The molecule has 1 saturated carbocycles. The summed E-state index contributed by atoms with van der Waals surface area (Å²) in [6.07, 6.45) is -5.32. The van der Waals surface area contributed by atoms with E-state index in [1.165, 1.54) is 12.1 Å². The Morgan fingerprint density at radius 2 is 1.86 bits per heavy atom. The van der Waals surface area contributed by atoms with E-state index in [1.807, 2.05) is 0 Å². The predicted molar refractivity (Wildman–Crippen MR) is 95.6 cm³/mol. The van der Waals surface area contributed by atoms with Crippen molar-refractivity contribution in [3.05, 3.63) is 39.9 Å². The lowest BCUT2D eigenvalue weighted by molar-refractivity contribution is -0.384. The number of amides is 1. The molecule has 154 valence electrons. The second-order valence-electron chi connectivity index (χ2n) is 7.57. The molecule has 1 aromatic rings. The zero-order chi connectivity index (χ0) is 21.1. The zero-order valence-electron chi connectivity index (χ0n) is 15.8. The van der Waals surface area contributed by atoms with Crippen molar-refractivity contribution in [1.82, 2.24) is 5.32 Å². The van der Waals surface area contributed by atoms with Gasteiger partial charge in [-0.1, -0.05) is 0 Å². The summed E-state index contributed by atoms with van der Waals surface area (Å²) < 4.78 is 24.5. The Labute approximate surface area is 161 Å². The molecule has 0 radical (unpaired) electrons. The van der Waals surface area contributed by atoms with Gasteiger partial charge in [0.2, 0.25) is 0 Å². The topological polar surface area (TPSA) is 128 Å². The van der Waals surface area contributed by atoms with Crippen molar-refractivity contribution >= 4 is 17.7 Å². The summed E-state index contributed by atoms with van der Waals surface area (Å²) in [6.45, 7) is 5.05. The van der Waals surface area contributed by atoms with Gasteiger partial charge >= 0.3 is 12.1 Å². The number of carbonyl (C=O) groups excluding carboxylic acids is 2. The van der Waals surface area contributed by atoms with Crippen LogP contribution in [0.2, 0.25) is 0 Å². The number of aliphatic hydroxyl groups excluding tert-OH is 1. The molecule has 2 rings (SSSR count). The number of esters is 1. The summed E-state index contributed by atoms with van der Waals surface area (Å²) >= 11 is 0. The molecule has 0 aliphatic heterocycles. The summed E-state index contributed by atoms with van der Waals surface area (Å²) in [4.78, 5) is 34.1. The number of carbonyl (C=O) groups is 2. The van der Waals surface area contributed by atoms with Crippen LogP contribution in [0.25, 0.3) is 0 Å². The molecule has 0 saturated heterocycles. The van der Waals surface area contributed by atoms with Crippen molar-refractivity contribution in [2.45, 2.75) is 63.6 Å². The van der Waals surface area contributed by atoms with E-state index in [1.54, 1.807) is 20.8 Å². The largest absolute Gasteiger partial charge is 0.456 e. The van der Waals surface area contributed by atoms with Crippen molar-refractivity contribution in [1.29, 1.82) is 0 Å². The highest BCUT2D eigenvalue weighted by molar-refractivity contribution is 5.89. The van der Waals surface area contributed by atoms with Crippen LogP contribution in [-0.4, -0.2) is 52.1 Å². The molecule has 0 heterocycles. The average molecular weight is 398 g/mol. The molecule has 1 amide bonds. The third-order valence-electron chi connectivity index (χ3n) is 4.07. The molecule has 1 aromatic carbocycles. The van der Waals surface area contributed by atoms with E-state index < -0.39 is 47.0 Å². The first-order chi connectivity index (χ1) is 13.0. The number of alkyl halides is 1. The minimum absolute atomic E-state index is 0.000446. The van der Waals surface area contributed by atoms with Gasteiger partial charge in [-0.05, 0) is 32.9 Å². The van der Waals surface area contributed by atoms with Crippen LogP contribution in [0.1, 0.15) is 44.0 Å². The molecule has 0 bridgehead atoms. The third kappa shape index (κ3) is 5.88. The van der Waals surface area contributed by atoms with Crippen LogP contribution in [0.4, 0.5) is 14.9 Å². The number of ether oxygens (including phenoxy) is 2. The Balaban J connectivity index is 2.01. The summed E-state index contributed by atoms with van der Waals surface area (Å²) in [5.41, 5.74) is -0.898. The summed E-state index contributed by atoms with van der Waals surface area (Å²) in [5, 5.41) is 23.2. The smallest absolute Gasteiger partial charge is 0.407 e. The van der Waals surface area contributed by atoms with Gasteiger partial charge in [-0.15, -0.1) is 0 Å². The van der Waals surface area contributed by atoms with E-state index in [-0.39, 0.29) is 24.1 Å². The van der Waals surface area contributed by atoms with Crippen molar-refractivity contribution < 1.29 is 33.5 Å². The van der Waals surface area contributed by atoms with Crippen molar-refractivity contribution in [3.8, 4) is 0 Å². The lowest BCUT2D eigenvalue weighted by Gasteiger charge is -2.35. The molecule has 2 N–H and O–H groups in total. The molecule has 1 aliphatic carbocycles. The number of nitrogens with zero attached hydrogens (tertiary/aromatic N) is 1. The number of nitro benzene ring substituents is 1. The molecular formula is C18H23FN2O7. The van der Waals surface area contributed by atoms with Gasteiger partial charge in [0, 0.05) is 31.0 Å². The SMILES string of the molecule is CC(C)(C)OC(=O)NC1CC(F)C(O)C(OC(=O)c2ccc([N+](=O)[O-])cc2)C1. The lowest BCUT2D eigenvalue weighted by Crippen LogP contribution is -2.52. The standard InChI is InChI=1S/C18H23FN2O7/c1-18(2,3)28-17(24)20-11-8-13(19)15(22)14(9-11)27-16(23)10-4-6-12(7-5-10)21(25)26/h4-7,11,13-15,22H,8-9H2,1-3H3,(H,20,24). The minimum atomic E-state index is -1.71. The Morgan fingerprint density at radius 3 is 2.39 bits per heavy atom. The first-order valence-electron chi connectivity index (χ1n) is 8.73. The summed E-state index contributed by atoms with van der Waals surface area (Å²) in [5.74, 6) is -0.857. The van der Waals surface area contributed by atoms with Gasteiger partial charge in [0.15, 0.2) is 0 Å². The van der Waals surface area contributed by atoms with Gasteiger partial charge in [0.1, 0.15) is 24.0 Å². The predicted octanol–water partition coefficient (Wildman–Crippen LogP) is 2.51. The Kier molecular flexibility index (Phi) is 6.55. The number of nitro groups is 1. The molecular weight excluding hydrogens is 375 g/mol. The number of halogens is 1. The van der Waals surface area contributed by atoms with Crippen LogP contribution in [0.15, 0.2) is 24.3 Å². The maximum absolute atomic E-state index is 14.2. The zero-order valence-corrected chi connectivity index (χ0v) is 15.8. The molecule has 1 fully saturated rings. The maximum Gasteiger partial charge on any atom is 0.407 e. The van der Waals surface area contributed by atoms with Gasteiger partial charge in [-0.2, -0.15) is 0 Å². The second-order valence-corrected chi connectivity index (χ2v) is 7.57. The van der Waals surface area contributed by atoms with Crippen LogP contribution >= 0.6 is 0 Å². The third-order valence-corrected chi connectivity index (χ3v) is 4.07. The van der Waals surface area contributed by atoms with Crippen LogP contribution in [0, 0.1) is 10.1 Å². The maximum atomic E-state index is 14.2. The molecule has 9 nitrogen and oxygen atoms in total. The van der Waals surface area contributed by atoms with Gasteiger partial charge < -0.3 is 19.9 Å². The highest BCUT2D eigenvalue weighted by Gasteiger charge is 2.40. The summed E-state index contributed by atoms with van der Waals surface area (Å²) in [6, 6.07) is 4.00. The van der Waals surface area contributed by atoms with Crippen LogP contribution in [-0.2, 0) is 9.47 Å². The molecule has 4 atom stereocenters. The van der Waals surface area contributed by atoms with Crippen LogP contribution in [0.3, 0.4) is 0 Å². The average Bonchev–Trinajstić information content (AvgIpc) is 2.57. The molecule has 0 aromatic heterocycles. The molecule has 28 heavy (non-hydrogen) atoms. The first kappa shape index (κ1) is 21.5. The molecule has 4 unspecified atom stereocenters. The van der Waals surface area contributed by atoms with E-state index in [0.29, 0.717) is 0 Å². The first-order valence-corrected chi connectivity index (χ1v) is 8.73. The molecule has 1 aliphatic rings. The second kappa shape index (κ2) is 8.51. The van der Waals surface area contributed by atoms with Gasteiger partial charge in [-0.3, -0.25) is 10.1 Å². The number of nitrogens with one attached hydrogen (secondary N) is 1. The number of hydrogen-bond donors (Lipinski definition) is 2. The fourth-order valence-corrected chi connectivity index (χ4v) is 2.79. The highest BCUT2D eigenvalue weighted by atomic mass is 19.1. The lowest BCUT2D eigenvalue weighted by atomic mass is 9.89. The highest BCUT2D eigenvalue weighted by Crippen LogP contribution is 2.26. The van der Waals surface area contributed by atoms with Gasteiger partial charge in [0.05, 0.1) is 10.5 Å². The summed E-state index contributed by atoms with van der Waals surface area (Å²) in [7, 11) is 0. The Morgan fingerprint density at radius 1 is 1.25 bits per heavy atom. The van der Waals surface area contributed by atoms with E-state index in [4.69, 9.17) is 9.47 Å². The van der Waals surface area contributed by atoms with E-state index in [0.717, 1.165) is 12.1 Å². The fraction of sp³-hybridized carbons (Fsp3) is 0.556. The van der Waals surface area contributed by atoms with E-state index >= 15 is 0 Å². The molecule has 10 heteroatoms. The van der Waals surface area contributed by atoms with Crippen molar-refractivity contribution in [2.24, 2.45) is 0 Å². The number of alkyl carbamates (subject to hydrolysis) is 1. The number of benzene rings is 1. The van der Waals surface area contributed by atoms with Gasteiger partial charge in [-0.25, -0.2) is 14.0 Å². The molecule has 0 spiro atoms. The van der Waals surface area contributed by atoms with E-state index in [9.17, 15) is 29.2 Å². The number of hydrogen-bond acceptors (Lipinski definition) is 7. The number of non-ortho nitro benzene ring substituents is 1. The Bertz CT molecular complexity index is 732. The van der Waals surface area contributed by atoms with Crippen LogP contribution in [0.5, 0.6) is 0 Å². The Hall–Kier alpha value is -2.75. The van der Waals surface area contributed by atoms with E-state index in [2.05, 4.69) is 5.32 Å².